The lowest BCUT2D eigenvalue weighted by molar-refractivity contribution is 0.270. The first-order valence-corrected chi connectivity index (χ1v) is 8.29. The fourth-order valence-corrected chi connectivity index (χ4v) is 3.15. The minimum Gasteiger partial charge on any atom is -0.420 e. The van der Waals surface area contributed by atoms with E-state index in [9.17, 15) is 0 Å². The Bertz CT molecular complexity index is 853. The lowest BCUT2D eigenvalue weighted by atomic mass is 10.1. The van der Waals surface area contributed by atoms with Gasteiger partial charge < -0.3 is 14.2 Å². The highest BCUT2D eigenvalue weighted by molar-refractivity contribution is 5.99. The van der Waals surface area contributed by atoms with E-state index in [4.69, 9.17) is 4.42 Å². The molecule has 1 aliphatic rings. The van der Waals surface area contributed by atoms with Gasteiger partial charge in [0.05, 0.1) is 0 Å². The Labute approximate surface area is 140 Å². The minimum atomic E-state index is 0.415. The number of nitrogens with zero attached hydrogens (tertiary/aromatic N) is 6. The van der Waals surface area contributed by atoms with E-state index in [1.54, 1.807) is 6.92 Å². The summed E-state index contributed by atoms with van der Waals surface area (Å²) < 4.78 is 5.55. The Balaban J connectivity index is 1.76. The molecular formula is C17H20N6O. The maximum absolute atomic E-state index is 5.55. The van der Waals surface area contributed by atoms with E-state index in [1.165, 1.54) is 0 Å². The molecule has 1 aliphatic heterocycles. The predicted octanol–water partition coefficient (Wildman–Crippen LogP) is 2.13. The van der Waals surface area contributed by atoms with Crippen LogP contribution in [0.3, 0.4) is 0 Å². The van der Waals surface area contributed by atoms with Gasteiger partial charge in [0.1, 0.15) is 0 Å². The molecule has 4 rings (SSSR count). The Morgan fingerprint density at radius 2 is 1.71 bits per heavy atom. The number of hydrogen-bond acceptors (Lipinski definition) is 7. The maximum Gasteiger partial charge on any atom is 0.268 e. The molecule has 0 unspecified atom stereocenters. The first-order chi connectivity index (χ1) is 11.8. The third kappa shape index (κ3) is 2.60. The Hall–Kier alpha value is -2.54. The van der Waals surface area contributed by atoms with Gasteiger partial charge >= 0.3 is 0 Å². The van der Waals surface area contributed by atoms with Gasteiger partial charge in [-0.1, -0.05) is 31.2 Å². The highest BCUT2D eigenvalue weighted by atomic mass is 16.4. The zero-order chi connectivity index (χ0) is 16.5. The van der Waals surface area contributed by atoms with Crippen LogP contribution >= 0.6 is 0 Å². The lowest BCUT2D eigenvalue weighted by Crippen LogP contribution is -2.46. The van der Waals surface area contributed by atoms with Crippen molar-refractivity contribution in [2.45, 2.75) is 13.8 Å². The van der Waals surface area contributed by atoms with E-state index in [-0.39, 0.29) is 0 Å². The number of aromatic nitrogens is 4. The summed E-state index contributed by atoms with van der Waals surface area (Å²) >= 11 is 0. The highest BCUT2D eigenvalue weighted by Gasteiger charge is 2.21. The second-order valence-corrected chi connectivity index (χ2v) is 5.97. The van der Waals surface area contributed by atoms with E-state index in [1.807, 2.05) is 18.2 Å². The van der Waals surface area contributed by atoms with Gasteiger partial charge in [-0.15, -0.1) is 20.4 Å². The predicted molar refractivity (Wildman–Crippen MR) is 91.9 cm³/mol. The van der Waals surface area contributed by atoms with Crippen LogP contribution in [0.5, 0.6) is 0 Å². The van der Waals surface area contributed by atoms with Gasteiger partial charge in [-0.05, 0) is 6.54 Å². The van der Waals surface area contributed by atoms with Crippen LogP contribution < -0.4 is 4.90 Å². The zero-order valence-electron chi connectivity index (χ0n) is 13.9. The molecule has 0 amide bonds. The number of aryl methyl sites for hydroxylation is 1. The van der Waals surface area contributed by atoms with Gasteiger partial charge in [0, 0.05) is 43.9 Å². The summed E-state index contributed by atoms with van der Waals surface area (Å²) in [5, 5.41) is 19.0. The summed E-state index contributed by atoms with van der Waals surface area (Å²) in [4.78, 5) is 4.76. The van der Waals surface area contributed by atoms with E-state index < -0.39 is 0 Å². The van der Waals surface area contributed by atoms with Crippen molar-refractivity contribution in [3.63, 3.8) is 0 Å². The van der Waals surface area contributed by atoms with Crippen molar-refractivity contribution in [1.29, 1.82) is 0 Å². The van der Waals surface area contributed by atoms with Crippen LogP contribution in [0.25, 0.3) is 22.4 Å². The Morgan fingerprint density at radius 1 is 0.958 bits per heavy atom. The van der Waals surface area contributed by atoms with Crippen LogP contribution in [0.4, 0.5) is 5.82 Å². The number of benzene rings is 1. The van der Waals surface area contributed by atoms with Crippen LogP contribution in [0.1, 0.15) is 12.8 Å². The summed E-state index contributed by atoms with van der Waals surface area (Å²) in [6, 6.07) is 8.14. The molecule has 0 N–H and O–H groups in total. The van der Waals surface area contributed by atoms with Crippen molar-refractivity contribution in [3.05, 3.63) is 30.2 Å². The minimum absolute atomic E-state index is 0.415. The van der Waals surface area contributed by atoms with Gasteiger partial charge in [0.15, 0.2) is 11.5 Å². The van der Waals surface area contributed by atoms with Gasteiger partial charge in [-0.2, -0.15) is 0 Å². The molecule has 124 valence electrons. The molecule has 1 aromatic carbocycles. The molecule has 0 aliphatic carbocycles. The summed E-state index contributed by atoms with van der Waals surface area (Å²) in [6.07, 6.45) is 0. The molecule has 24 heavy (non-hydrogen) atoms. The van der Waals surface area contributed by atoms with Gasteiger partial charge in [-0.3, -0.25) is 0 Å². The molecule has 7 nitrogen and oxygen atoms in total. The summed E-state index contributed by atoms with van der Waals surface area (Å²) in [7, 11) is 0. The number of anilines is 1. The van der Waals surface area contributed by atoms with Gasteiger partial charge in [-0.25, -0.2) is 0 Å². The highest BCUT2D eigenvalue weighted by Crippen LogP contribution is 2.31. The van der Waals surface area contributed by atoms with Crippen molar-refractivity contribution < 1.29 is 4.42 Å². The second kappa shape index (κ2) is 6.16. The zero-order valence-corrected chi connectivity index (χ0v) is 13.9. The van der Waals surface area contributed by atoms with Crippen LogP contribution in [-0.4, -0.2) is 58.0 Å². The molecule has 7 heteroatoms. The number of likely N-dealkylation sites (N-methyl/N-ethyl adjacent to an activating group) is 1. The van der Waals surface area contributed by atoms with E-state index >= 15 is 0 Å². The van der Waals surface area contributed by atoms with Crippen LogP contribution in [0.15, 0.2) is 28.7 Å². The molecule has 0 spiro atoms. The second-order valence-electron chi connectivity index (χ2n) is 5.97. The van der Waals surface area contributed by atoms with Crippen molar-refractivity contribution in [3.8, 4) is 11.6 Å². The van der Waals surface area contributed by atoms with Crippen LogP contribution in [-0.2, 0) is 0 Å². The SMILES string of the molecule is CCN1CCN(c2nnc(-c3nnc(C)o3)c3ccccc23)CC1. The summed E-state index contributed by atoms with van der Waals surface area (Å²) in [5.41, 5.74) is 0.641. The van der Waals surface area contributed by atoms with Crippen molar-refractivity contribution in [2.24, 2.45) is 0 Å². The Morgan fingerprint density at radius 3 is 2.38 bits per heavy atom. The van der Waals surface area contributed by atoms with Gasteiger partial charge in [0.25, 0.3) is 5.89 Å². The van der Waals surface area contributed by atoms with Gasteiger partial charge in [0.2, 0.25) is 5.89 Å². The molecule has 0 radical (unpaired) electrons. The molecule has 2 aromatic heterocycles. The van der Waals surface area contributed by atoms with E-state index in [2.05, 4.69) is 43.2 Å². The smallest absolute Gasteiger partial charge is 0.268 e. The first-order valence-electron chi connectivity index (χ1n) is 8.29. The first kappa shape index (κ1) is 15.0. The van der Waals surface area contributed by atoms with E-state index in [0.717, 1.165) is 49.3 Å². The molecule has 3 aromatic rings. The molecule has 3 heterocycles. The number of hydrogen-bond donors (Lipinski definition) is 0. The van der Waals surface area contributed by atoms with Crippen LogP contribution in [0.2, 0.25) is 0 Å². The monoisotopic (exact) mass is 324 g/mol. The molecular weight excluding hydrogens is 304 g/mol. The lowest BCUT2D eigenvalue weighted by Gasteiger charge is -2.35. The largest absolute Gasteiger partial charge is 0.420 e. The van der Waals surface area contributed by atoms with Crippen molar-refractivity contribution >= 4 is 16.6 Å². The fraction of sp³-hybridized carbons (Fsp3) is 0.412. The molecule has 0 bridgehead atoms. The molecule has 0 saturated carbocycles. The fourth-order valence-electron chi connectivity index (χ4n) is 3.15. The molecule has 1 saturated heterocycles. The summed E-state index contributed by atoms with van der Waals surface area (Å²) in [5.74, 6) is 1.87. The van der Waals surface area contributed by atoms with E-state index in [0.29, 0.717) is 17.5 Å². The van der Waals surface area contributed by atoms with Crippen LogP contribution in [0, 0.1) is 6.92 Å². The number of piperazine rings is 1. The van der Waals surface area contributed by atoms with Crippen molar-refractivity contribution in [1.82, 2.24) is 25.3 Å². The average molecular weight is 324 g/mol. The quantitative estimate of drug-likeness (QED) is 0.731. The molecule has 1 fully saturated rings. The average Bonchev–Trinajstić information content (AvgIpc) is 3.07. The number of fused-ring (bicyclic) bond motifs is 1. The standard InChI is InChI=1S/C17H20N6O/c1-3-22-8-10-23(11-9-22)16-14-7-5-4-6-13(14)15(19-20-16)17-21-18-12(2)24-17/h4-7H,3,8-11H2,1-2H3. The normalized spacial score (nSPS) is 16.0. The topological polar surface area (TPSA) is 71.2 Å². The Kier molecular flexibility index (Phi) is 3.86. The number of rotatable bonds is 3. The summed E-state index contributed by atoms with van der Waals surface area (Å²) in [6.45, 7) is 9.10. The third-order valence-electron chi connectivity index (χ3n) is 4.52. The maximum atomic E-state index is 5.55. The molecule has 0 atom stereocenters. The third-order valence-corrected chi connectivity index (χ3v) is 4.52. The van der Waals surface area contributed by atoms with Crippen molar-refractivity contribution in [2.75, 3.05) is 37.6 Å².